The summed E-state index contributed by atoms with van der Waals surface area (Å²) in [5.74, 6) is 1.45. The van der Waals surface area contributed by atoms with Crippen molar-refractivity contribution < 1.29 is 9.47 Å². The molecule has 112 valence electrons. The first-order valence-corrected chi connectivity index (χ1v) is 8.03. The van der Waals surface area contributed by atoms with Crippen molar-refractivity contribution >= 4 is 31.9 Å². The van der Waals surface area contributed by atoms with Crippen molar-refractivity contribution in [1.29, 1.82) is 0 Å². The fourth-order valence-electron chi connectivity index (χ4n) is 2.27. The number of ether oxygens (including phenoxy) is 2. The molecule has 0 bridgehead atoms. The van der Waals surface area contributed by atoms with Crippen LogP contribution in [0.4, 0.5) is 0 Å². The van der Waals surface area contributed by atoms with Crippen LogP contribution in [-0.4, -0.2) is 21.3 Å². The van der Waals surface area contributed by atoms with Gasteiger partial charge in [-0.3, -0.25) is 0 Å². The summed E-state index contributed by atoms with van der Waals surface area (Å²) >= 11 is 7.14. The molecule has 0 saturated heterocycles. The first-order valence-electron chi connectivity index (χ1n) is 6.44. The molecule has 0 saturated carbocycles. The lowest BCUT2D eigenvalue weighted by molar-refractivity contribution is 0.354. The van der Waals surface area contributed by atoms with Gasteiger partial charge in [0.1, 0.15) is 0 Å². The Bertz CT molecular complexity index is 632. The Kier molecular flexibility index (Phi) is 5.67. The van der Waals surface area contributed by atoms with Gasteiger partial charge in [-0.25, -0.2) is 0 Å². The van der Waals surface area contributed by atoms with Crippen LogP contribution in [0.25, 0.3) is 0 Å². The highest BCUT2D eigenvalue weighted by molar-refractivity contribution is 9.11. The number of benzene rings is 2. The number of hydrogen-bond acceptors (Lipinski definition) is 3. The van der Waals surface area contributed by atoms with Crippen LogP contribution in [0.5, 0.6) is 11.5 Å². The summed E-state index contributed by atoms with van der Waals surface area (Å²) < 4.78 is 12.8. The third kappa shape index (κ3) is 3.59. The smallest absolute Gasteiger partial charge is 0.161 e. The molecule has 0 aliphatic carbocycles. The van der Waals surface area contributed by atoms with Crippen LogP contribution in [0.2, 0.25) is 0 Å². The maximum atomic E-state index is 5.39. The van der Waals surface area contributed by atoms with E-state index in [1.165, 1.54) is 0 Å². The quantitative estimate of drug-likeness (QED) is 0.779. The molecule has 0 spiro atoms. The molecule has 1 N–H and O–H groups in total. The predicted octanol–water partition coefficient (Wildman–Crippen LogP) is 4.54. The average Bonchev–Trinajstić information content (AvgIpc) is 2.51. The Hall–Kier alpha value is -1.04. The van der Waals surface area contributed by atoms with Crippen LogP contribution in [0.1, 0.15) is 17.2 Å². The highest BCUT2D eigenvalue weighted by Crippen LogP contribution is 2.35. The molecule has 3 nitrogen and oxygen atoms in total. The van der Waals surface area contributed by atoms with Gasteiger partial charge in [-0.15, -0.1) is 0 Å². The molecular formula is C16H17Br2NO2. The normalized spacial score (nSPS) is 12.0. The van der Waals surface area contributed by atoms with Gasteiger partial charge in [-0.05, 0) is 48.5 Å². The van der Waals surface area contributed by atoms with Crippen LogP contribution >= 0.6 is 31.9 Å². The van der Waals surface area contributed by atoms with E-state index in [1.807, 2.05) is 37.4 Å². The zero-order valence-electron chi connectivity index (χ0n) is 12.1. The highest BCUT2D eigenvalue weighted by Gasteiger charge is 2.17. The third-order valence-electron chi connectivity index (χ3n) is 3.30. The molecule has 5 heteroatoms. The molecule has 1 atom stereocenters. The Morgan fingerprint density at radius 2 is 1.67 bits per heavy atom. The fourth-order valence-corrected chi connectivity index (χ4v) is 3.12. The summed E-state index contributed by atoms with van der Waals surface area (Å²) in [6, 6.07) is 12.1. The number of rotatable bonds is 5. The minimum atomic E-state index is 0.0525. The Labute approximate surface area is 141 Å². The molecule has 2 rings (SSSR count). The molecule has 0 amide bonds. The predicted molar refractivity (Wildman–Crippen MR) is 92.3 cm³/mol. The van der Waals surface area contributed by atoms with Crippen molar-refractivity contribution in [1.82, 2.24) is 5.32 Å². The first kappa shape index (κ1) is 16.3. The number of nitrogens with one attached hydrogen (secondary N) is 1. The van der Waals surface area contributed by atoms with E-state index in [2.05, 4.69) is 43.2 Å². The monoisotopic (exact) mass is 413 g/mol. The molecule has 2 aromatic carbocycles. The van der Waals surface area contributed by atoms with Crippen LogP contribution in [0.3, 0.4) is 0 Å². The van der Waals surface area contributed by atoms with Gasteiger partial charge >= 0.3 is 0 Å². The summed E-state index contributed by atoms with van der Waals surface area (Å²) in [7, 11) is 5.22. The number of hydrogen-bond donors (Lipinski definition) is 1. The minimum absolute atomic E-state index is 0.0525. The van der Waals surface area contributed by atoms with Crippen LogP contribution in [0.15, 0.2) is 45.3 Å². The highest BCUT2D eigenvalue weighted by atomic mass is 79.9. The molecule has 0 aromatic heterocycles. The standard InChI is InChI=1S/C16H17Br2NO2/c1-19-16(12-9-11(17)5-6-13(12)18)10-4-7-14(20-2)15(8-10)21-3/h4-9,16,19H,1-3H3. The number of halogens is 2. The van der Waals surface area contributed by atoms with Crippen LogP contribution in [0, 0.1) is 0 Å². The lowest BCUT2D eigenvalue weighted by atomic mass is 9.98. The zero-order chi connectivity index (χ0) is 15.4. The fraction of sp³-hybridized carbons (Fsp3) is 0.250. The summed E-state index contributed by atoms with van der Waals surface area (Å²) in [6.07, 6.45) is 0. The zero-order valence-corrected chi connectivity index (χ0v) is 15.3. The molecule has 0 radical (unpaired) electrons. The Morgan fingerprint density at radius 3 is 2.29 bits per heavy atom. The number of methoxy groups -OCH3 is 2. The SMILES string of the molecule is CNC(c1ccc(OC)c(OC)c1)c1cc(Br)ccc1Br. The van der Waals surface area contributed by atoms with E-state index in [0.717, 1.165) is 31.6 Å². The molecule has 2 aromatic rings. The van der Waals surface area contributed by atoms with Gasteiger partial charge in [0.2, 0.25) is 0 Å². The molecule has 1 unspecified atom stereocenters. The van der Waals surface area contributed by atoms with Crippen molar-refractivity contribution in [3.63, 3.8) is 0 Å². The van der Waals surface area contributed by atoms with E-state index >= 15 is 0 Å². The second-order valence-electron chi connectivity index (χ2n) is 4.50. The largest absolute Gasteiger partial charge is 0.493 e. The van der Waals surface area contributed by atoms with E-state index in [1.54, 1.807) is 14.2 Å². The lowest BCUT2D eigenvalue weighted by Gasteiger charge is -2.20. The van der Waals surface area contributed by atoms with Crippen molar-refractivity contribution in [2.24, 2.45) is 0 Å². The molecule has 0 aliphatic heterocycles. The van der Waals surface area contributed by atoms with Crippen molar-refractivity contribution in [2.75, 3.05) is 21.3 Å². The summed E-state index contributed by atoms with van der Waals surface area (Å²) in [5.41, 5.74) is 2.26. The van der Waals surface area contributed by atoms with E-state index in [9.17, 15) is 0 Å². The summed E-state index contributed by atoms with van der Waals surface area (Å²) in [4.78, 5) is 0. The van der Waals surface area contributed by atoms with Crippen molar-refractivity contribution in [3.8, 4) is 11.5 Å². The lowest BCUT2D eigenvalue weighted by Crippen LogP contribution is -2.18. The molecule has 21 heavy (non-hydrogen) atoms. The molecular weight excluding hydrogens is 398 g/mol. The van der Waals surface area contributed by atoms with Crippen LogP contribution in [-0.2, 0) is 0 Å². The van der Waals surface area contributed by atoms with Gasteiger partial charge in [0.15, 0.2) is 11.5 Å². The van der Waals surface area contributed by atoms with Crippen molar-refractivity contribution in [3.05, 3.63) is 56.5 Å². The summed E-state index contributed by atoms with van der Waals surface area (Å²) in [6.45, 7) is 0. The second-order valence-corrected chi connectivity index (χ2v) is 6.27. The van der Waals surface area contributed by atoms with Gasteiger partial charge in [0, 0.05) is 8.95 Å². The maximum absolute atomic E-state index is 5.39. The van der Waals surface area contributed by atoms with E-state index in [4.69, 9.17) is 9.47 Å². The van der Waals surface area contributed by atoms with E-state index in [0.29, 0.717) is 0 Å². The topological polar surface area (TPSA) is 30.5 Å². The maximum Gasteiger partial charge on any atom is 0.161 e. The van der Waals surface area contributed by atoms with E-state index < -0.39 is 0 Å². The first-order chi connectivity index (χ1) is 10.1. The Balaban J connectivity index is 2.48. The average molecular weight is 415 g/mol. The van der Waals surface area contributed by atoms with Gasteiger partial charge in [-0.2, -0.15) is 0 Å². The van der Waals surface area contributed by atoms with Gasteiger partial charge in [0.25, 0.3) is 0 Å². The second kappa shape index (κ2) is 7.29. The molecule has 0 fully saturated rings. The van der Waals surface area contributed by atoms with Gasteiger partial charge < -0.3 is 14.8 Å². The van der Waals surface area contributed by atoms with E-state index in [-0.39, 0.29) is 6.04 Å². The van der Waals surface area contributed by atoms with Gasteiger partial charge in [0.05, 0.1) is 20.3 Å². The van der Waals surface area contributed by atoms with Gasteiger partial charge in [-0.1, -0.05) is 37.9 Å². The third-order valence-corrected chi connectivity index (χ3v) is 4.51. The summed E-state index contributed by atoms with van der Waals surface area (Å²) in [5, 5.41) is 3.34. The molecule has 0 heterocycles. The minimum Gasteiger partial charge on any atom is -0.493 e. The Morgan fingerprint density at radius 1 is 0.952 bits per heavy atom. The molecule has 0 aliphatic rings. The van der Waals surface area contributed by atoms with Crippen molar-refractivity contribution in [2.45, 2.75) is 6.04 Å². The van der Waals surface area contributed by atoms with Crippen LogP contribution < -0.4 is 14.8 Å².